The summed E-state index contributed by atoms with van der Waals surface area (Å²) in [6, 6.07) is 5.77. The van der Waals surface area contributed by atoms with E-state index >= 15 is 0 Å². The highest BCUT2D eigenvalue weighted by Gasteiger charge is 2.51. The molecule has 0 aromatic heterocycles. The molecular weight excluding hydrogens is 368 g/mol. The number of anilines is 1. The van der Waals surface area contributed by atoms with Crippen LogP contribution in [0.15, 0.2) is 18.2 Å². The monoisotopic (exact) mass is 398 g/mol. The third kappa shape index (κ3) is 4.31. The normalized spacial score (nSPS) is 29.4. The summed E-state index contributed by atoms with van der Waals surface area (Å²) in [4.78, 5) is 36.8. The molecule has 156 valence electrons. The molecule has 0 aliphatic heterocycles. The Morgan fingerprint density at radius 1 is 0.931 bits per heavy atom. The number of amides is 2. The highest BCUT2D eigenvalue weighted by atomic mass is 16.5. The standard InChI is InChI=1S/C23H30N2O4/c1-13-4-3-5-14(2)22(13)25-19(26)11-24-20(27)12-29-23(28)21-17-7-15-6-16(9-17)10-18(21)8-15/h3-5,15-18,21H,6-12H2,1-2H3,(H,24,27)(H,25,26). The van der Waals surface area contributed by atoms with Crippen molar-refractivity contribution in [2.45, 2.75) is 46.0 Å². The lowest BCUT2D eigenvalue weighted by molar-refractivity contribution is -0.164. The molecule has 4 aliphatic rings. The Morgan fingerprint density at radius 3 is 2.10 bits per heavy atom. The number of hydrogen-bond donors (Lipinski definition) is 2. The Hall–Kier alpha value is -2.37. The van der Waals surface area contributed by atoms with Crippen molar-refractivity contribution in [3.63, 3.8) is 0 Å². The zero-order chi connectivity index (χ0) is 20.5. The Labute approximate surface area is 171 Å². The summed E-state index contributed by atoms with van der Waals surface area (Å²) < 4.78 is 5.34. The summed E-state index contributed by atoms with van der Waals surface area (Å²) in [5, 5.41) is 5.36. The van der Waals surface area contributed by atoms with Gasteiger partial charge in [0.15, 0.2) is 6.61 Å². The van der Waals surface area contributed by atoms with Crippen LogP contribution >= 0.6 is 0 Å². The molecule has 0 atom stereocenters. The third-order valence-electron chi connectivity index (χ3n) is 7.04. The lowest BCUT2D eigenvalue weighted by atomic mass is 9.52. The molecule has 6 nitrogen and oxygen atoms in total. The predicted molar refractivity (Wildman–Crippen MR) is 109 cm³/mol. The number of hydrogen-bond acceptors (Lipinski definition) is 4. The van der Waals surface area contributed by atoms with Crippen LogP contribution in [0, 0.1) is 43.4 Å². The van der Waals surface area contributed by atoms with Gasteiger partial charge in [-0.2, -0.15) is 0 Å². The van der Waals surface area contributed by atoms with Crippen LogP contribution in [0.4, 0.5) is 5.69 Å². The van der Waals surface area contributed by atoms with Crippen LogP contribution in [0.5, 0.6) is 0 Å². The number of para-hydroxylation sites is 1. The first-order chi connectivity index (χ1) is 13.9. The molecule has 1 aromatic carbocycles. The van der Waals surface area contributed by atoms with E-state index < -0.39 is 5.91 Å². The van der Waals surface area contributed by atoms with Crippen molar-refractivity contribution in [1.82, 2.24) is 5.32 Å². The predicted octanol–water partition coefficient (Wildman–Crippen LogP) is 2.97. The topological polar surface area (TPSA) is 84.5 Å². The lowest BCUT2D eigenvalue weighted by Crippen LogP contribution is -2.48. The summed E-state index contributed by atoms with van der Waals surface area (Å²) in [6.07, 6.45) is 5.88. The van der Waals surface area contributed by atoms with Crippen molar-refractivity contribution in [3.05, 3.63) is 29.3 Å². The van der Waals surface area contributed by atoms with Crippen molar-refractivity contribution >= 4 is 23.5 Å². The first kappa shape index (κ1) is 19.9. The van der Waals surface area contributed by atoms with Gasteiger partial charge in [-0.1, -0.05) is 18.2 Å². The van der Waals surface area contributed by atoms with E-state index in [-0.39, 0.29) is 30.9 Å². The van der Waals surface area contributed by atoms with Gasteiger partial charge in [0.1, 0.15) is 0 Å². The smallest absolute Gasteiger partial charge is 0.310 e. The van der Waals surface area contributed by atoms with E-state index in [1.807, 2.05) is 32.0 Å². The van der Waals surface area contributed by atoms with E-state index in [9.17, 15) is 14.4 Å². The second kappa shape index (κ2) is 8.17. The quantitative estimate of drug-likeness (QED) is 0.722. The molecule has 0 spiro atoms. The first-order valence-electron chi connectivity index (χ1n) is 10.7. The molecule has 2 N–H and O–H groups in total. The summed E-state index contributed by atoms with van der Waals surface area (Å²) >= 11 is 0. The van der Waals surface area contributed by atoms with E-state index in [1.165, 1.54) is 6.42 Å². The highest BCUT2D eigenvalue weighted by Crippen LogP contribution is 2.56. The molecule has 0 saturated heterocycles. The van der Waals surface area contributed by atoms with Crippen LogP contribution in [0.3, 0.4) is 0 Å². The van der Waals surface area contributed by atoms with Crippen molar-refractivity contribution < 1.29 is 19.1 Å². The summed E-state index contributed by atoms with van der Waals surface area (Å²) in [5.74, 6) is 1.44. The van der Waals surface area contributed by atoms with Gasteiger partial charge >= 0.3 is 5.97 Å². The average molecular weight is 399 g/mol. The van der Waals surface area contributed by atoms with Gasteiger partial charge in [-0.05, 0) is 80.8 Å². The van der Waals surface area contributed by atoms with Gasteiger partial charge in [-0.15, -0.1) is 0 Å². The zero-order valence-electron chi connectivity index (χ0n) is 17.2. The SMILES string of the molecule is Cc1cccc(C)c1NC(=O)CNC(=O)COC(=O)C1C2CC3CC(C2)CC1C3. The number of carbonyl (C=O) groups excluding carboxylic acids is 3. The van der Waals surface area contributed by atoms with Crippen LogP contribution < -0.4 is 10.6 Å². The minimum atomic E-state index is -0.446. The fraction of sp³-hybridized carbons (Fsp3) is 0.609. The van der Waals surface area contributed by atoms with E-state index in [0.717, 1.165) is 54.3 Å². The molecule has 5 rings (SSSR count). The van der Waals surface area contributed by atoms with E-state index in [2.05, 4.69) is 10.6 Å². The maximum atomic E-state index is 12.6. The Bertz CT molecular complexity index is 771. The molecule has 0 heterocycles. The van der Waals surface area contributed by atoms with Crippen LogP contribution in [0.1, 0.15) is 43.2 Å². The molecule has 4 aliphatic carbocycles. The molecule has 4 fully saturated rings. The average Bonchev–Trinajstić information content (AvgIpc) is 2.67. The van der Waals surface area contributed by atoms with Gasteiger partial charge in [0.25, 0.3) is 5.91 Å². The van der Waals surface area contributed by atoms with E-state index in [0.29, 0.717) is 11.8 Å². The Kier molecular flexibility index (Phi) is 5.61. The van der Waals surface area contributed by atoms with Gasteiger partial charge in [0.2, 0.25) is 5.91 Å². The largest absolute Gasteiger partial charge is 0.455 e. The third-order valence-corrected chi connectivity index (χ3v) is 7.04. The summed E-state index contributed by atoms with van der Waals surface area (Å²) in [6.45, 7) is 3.37. The van der Waals surface area contributed by atoms with Gasteiger partial charge in [0, 0.05) is 5.69 Å². The maximum Gasteiger partial charge on any atom is 0.310 e. The molecular formula is C23H30N2O4. The van der Waals surface area contributed by atoms with Crippen molar-refractivity contribution in [2.75, 3.05) is 18.5 Å². The van der Waals surface area contributed by atoms with Gasteiger partial charge in [-0.3, -0.25) is 14.4 Å². The van der Waals surface area contributed by atoms with Gasteiger partial charge < -0.3 is 15.4 Å². The van der Waals surface area contributed by atoms with Gasteiger partial charge in [-0.25, -0.2) is 0 Å². The first-order valence-corrected chi connectivity index (χ1v) is 10.7. The number of carbonyl (C=O) groups is 3. The summed E-state index contributed by atoms with van der Waals surface area (Å²) in [7, 11) is 0. The molecule has 0 radical (unpaired) electrons. The van der Waals surface area contributed by atoms with Crippen LogP contribution in [0.25, 0.3) is 0 Å². The Balaban J connectivity index is 1.21. The number of esters is 1. The van der Waals surface area contributed by atoms with Crippen molar-refractivity contribution in [1.29, 1.82) is 0 Å². The second-order valence-corrected chi connectivity index (χ2v) is 9.16. The zero-order valence-corrected chi connectivity index (χ0v) is 17.2. The number of ether oxygens (including phenoxy) is 1. The number of nitrogens with one attached hydrogen (secondary N) is 2. The van der Waals surface area contributed by atoms with Crippen molar-refractivity contribution in [2.24, 2.45) is 29.6 Å². The van der Waals surface area contributed by atoms with E-state index in [4.69, 9.17) is 4.74 Å². The fourth-order valence-corrected chi connectivity index (χ4v) is 5.97. The van der Waals surface area contributed by atoms with Crippen LogP contribution in [0.2, 0.25) is 0 Å². The minimum Gasteiger partial charge on any atom is -0.455 e. The Morgan fingerprint density at radius 2 is 1.52 bits per heavy atom. The van der Waals surface area contributed by atoms with Gasteiger partial charge in [0.05, 0.1) is 12.5 Å². The lowest BCUT2D eigenvalue weighted by Gasteiger charge is -2.53. The minimum absolute atomic E-state index is 0.0390. The fourth-order valence-electron chi connectivity index (χ4n) is 5.97. The second-order valence-electron chi connectivity index (χ2n) is 9.16. The van der Waals surface area contributed by atoms with Crippen molar-refractivity contribution in [3.8, 4) is 0 Å². The number of aryl methyl sites for hydroxylation is 2. The molecule has 2 amide bonds. The molecule has 29 heavy (non-hydrogen) atoms. The molecule has 6 heteroatoms. The molecule has 4 saturated carbocycles. The highest BCUT2D eigenvalue weighted by molar-refractivity contribution is 5.96. The maximum absolute atomic E-state index is 12.6. The molecule has 0 unspecified atom stereocenters. The molecule has 1 aromatic rings. The van der Waals surface area contributed by atoms with Crippen LogP contribution in [-0.2, 0) is 19.1 Å². The molecule has 4 bridgehead atoms. The van der Waals surface area contributed by atoms with E-state index in [1.54, 1.807) is 0 Å². The number of rotatable bonds is 6. The number of benzene rings is 1. The van der Waals surface area contributed by atoms with Crippen LogP contribution in [-0.4, -0.2) is 30.9 Å². The summed E-state index contributed by atoms with van der Waals surface area (Å²) in [5.41, 5.74) is 2.70.